The van der Waals surface area contributed by atoms with Crippen LogP contribution in [0.5, 0.6) is 5.75 Å². The van der Waals surface area contributed by atoms with Crippen molar-refractivity contribution >= 4 is 17.5 Å². The Morgan fingerprint density at radius 3 is 2.48 bits per heavy atom. The second kappa shape index (κ2) is 6.59. The van der Waals surface area contributed by atoms with Gasteiger partial charge in [-0.05, 0) is 43.2 Å². The van der Waals surface area contributed by atoms with E-state index >= 15 is 0 Å². The van der Waals surface area contributed by atoms with E-state index in [0.29, 0.717) is 12.2 Å². The molecule has 0 aromatic heterocycles. The van der Waals surface area contributed by atoms with E-state index < -0.39 is 0 Å². The van der Waals surface area contributed by atoms with Crippen molar-refractivity contribution in [2.45, 2.75) is 25.3 Å². The average Bonchev–Trinajstić information content (AvgIpc) is 3.48. The lowest BCUT2D eigenvalue weighted by atomic mass is 10.00. The summed E-state index contributed by atoms with van der Waals surface area (Å²) in [6, 6.07) is 14.8. The molecule has 0 spiro atoms. The number of carbonyl (C=O) groups is 2. The zero-order valence-electron chi connectivity index (χ0n) is 13.8. The molecule has 2 aromatic rings. The minimum absolute atomic E-state index is 0.0494. The van der Waals surface area contributed by atoms with Crippen LogP contribution in [0.2, 0.25) is 0 Å². The number of benzene rings is 2. The quantitative estimate of drug-likeness (QED) is 0.900. The number of carbonyl (C=O) groups excluding carboxylic acids is 2. The Morgan fingerprint density at radius 2 is 1.72 bits per heavy atom. The van der Waals surface area contributed by atoms with Gasteiger partial charge in [0.1, 0.15) is 5.75 Å². The normalized spacial score (nSPS) is 18.6. The van der Waals surface area contributed by atoms with E-state index in [0.717, 1.165) is 36.3 Å². The molecule has 4 rings (SSSR count). The number of hydrogen-bond donors (Lipinski definition) is 2. The Balaban J connectivity index is 1.42. The highest BCUT2D eigenvalue weighted by molar-refractivity contribution is 5.97. The van der Waals surface area contributed by atoms with Crippen molar-refractivity contribution in [2.75, 3.05) is 11.9 Å². The molecule has 1 atom stereocenters. The van der Waals surface area contributed by atoms with Crippen LogP contribution >= 0.6 is 0 Å². The second-order valence-electron chi connectivity index (χ2n) is 6.54. The topological polar surface area (TPSA) is 67.4 Å². The molecule has 0 radical (unpaired) electrons. The summed E-state index contributed by atoms with van der Waals surface area (Å²) in [6.45, 7) is 0.591. The molecule has 1 aliphatic heterocycles. The summed E-state index contributed by atoms with van der Waals surface area (Å²) in [7, 11) is 0. The van der Waals surface area contributed by atoms with Gasteiger partial charge >= 0.3 is 0 Å². The Labute approximate surface area is 146 Å². The number of fused-ring (bicyclic) bond motifs is 1. The Morgan fingerprint density at radius 1 is 0.960 bits per heavy atom. The molecule has 0 unspecified atom stereocenters. The SMILES string of the molecule is O=C(N[C@H]1CCOc2ccccc21)c1ccc(NC(=O)C2CC2)cc1. The van der Waals surface area contributed by atoms with Crippen LogP contribution in [0.1, 0.15) is 41.2 Å². The predicted octanol–water partition coefficient (Wildman–Crippen LogP) is 3.29. The van der Waals surface area contributed by atoms with E-state index in [9.17, 15) is 9.59 Å². The number of nitrogens with one attached hydrogen (secondary N) is 2. The lowest BCUT2D eigenvalue weighted by Crippen LogP contribution is -2.32. The molecular formula is C20H20N2O3. The fourth-order valence-corrected chi connectivity index (χ4v) is 3.03. The van der Waals surface area contributed by atoms with Gasteiger partial charge in [0.15, 0.2) is 0 Å². The van der Waals surface area contributed by atoms with Crippen LogP contribution in [0.4, 0.5) is 5.69 Å². The molecule has 2 amide bonds. The zero-order valence-corrected chi connectivity index (χ0v) is 13.8. The lowest BCUT2D eigenvalue weighted by Gasteiger charge is -2.26. The van der Waals surface area contributed by atoms with Gasteiger partial charge in [0, 0.05) is 29.2 Å². The smallest absolute Gasteiger partial charge is 0.251 e. The predicted molar refractivity (Wildman–Crippen MR) is 94.6 cm³/mol. The minimum Gasteiger partial charge on any atom is -0.493 e. The van der Waals surface area contributed by atoms with Crippen LogP contribution < -0.4 is 15.4 Å². The first-order chi connectivity index (χ1) is 12.2. The van der Waals surface area contributed by atoms with Crippen molar-refractivity contribution in [3.8, 4) is 5.75 Å². The van der Waals surface area contributed by atoms with Gasteiger partial charge in [0.2, 0.25) is 5.91 Å². The molecule has 1 heterocycles. The summed E-state index contributed by atoms with van der Waals surface area (Å²) in [4.78, 5) is 24.3. The number of amides is 2. The van der Waals surface area contributed by atoms with Crippen LogP contribution in [0.15, 0.2) is 48.5 Å². The largest absolute Gasteiger partial charge is 0.493 e. The molecule has 2 aliphatic rings. The third-order valence-corrected chi connectivity index (χ3v) is 4.63. The summed E-state index contributed by atoms with van der Waals surface area (Å²) >= 11 is 0. The highest BCUT2D eigenvalue weighted by atomic mass is 16.5. The third kappa shape index (κ3) is 3.50. The van der Waals surface area contributed by atoms with E-state index in [1.165, 1.54) is 0 Å². The molecule has 0 bridgehead atoms. The van der Waals surface area contributed by atoms with Crippen molar-refractivity contribution in [2.24, 2.45) is 5.92 Å². The number of rotatable bonds is 4. The van der Waals surface area contributed by atoms with Gasteiger partial charge in [0.05, 0.1) is 12.6 Å². The summed E-state index contributed by atoms with van der Waals surface area (Å²) in [5.41, 5.74) is 2.31. The van der Waals surface area contributed by atoms with E-state index in [4.69, 9.17) is 4.74 Å². The molecule has 5 heteroatoms. The molecule has 128 valence electrons. The Kier molecular flexibility index (Phi) is 4.14. The summed E-state index contributed by atoms with van der Waals surface area (Å²) in [5, 5.41) is 5.95. The fourth-order valence-electron chi connectivity index (χ4n) is 3.03. The maximum Gasteiger partial charge on any atom is 0.251 e. The van der Waals surface area contributed by atoms with Crippen LogP contribution in [-0.2, 0) is 4.79 Å². The first kappa shape index (κ1) is 15.7. The van der Waals surface area contributed by atoms with Gasteiger partial charge in [-0.3, -0.25) is 9.59 Å². The molecule has 1 fully saturated rings. The van der Waals surface area contributed by atoms with Crippen LogP contribution in [0, 0.1) is 5.92 Å². The number of anilines is 1. The molecule has 2 aromatic carbocycles. The fraction of sp³-hybridized carbons (Fsp3) is 0.300. The van der Waals surface area contributed by atoms with Gasteiger partial charge in [-0.15, -0.1) is 0 Å². The molecule has 25 heavy (non-hydrogen) atoms. The first-order valence-corrected chi connectivity index (χ1v) is 8.64. The van der Waals surface area contributed by atoms with Crippen molar-refractivity contribution in [1.29, 1.82) is 0 Å². The van der Waals surface area contributed by atoms with Gasteiger partial charge in [-0.1, -0.05) is 18.2 Å². The third-order valence-electron chi connectivity index (χ3n) is 4.63. The molecular weight excluding hydrogens is 316 g/mol. The van der Waals surface area contributed by atoms with E-state index in [-0.39, 0.29) is 23.8 Å². The van der Waals surface area contributed by atoms with E-state index in [1.807, 2.05) is 24.3 Å². The van der Waals surface area contributed by atoms with E-state index in [1.54, 1.807) is 24.3 Å². The Hall–Kier alpha value is -2.82. The van der Waals surface area contributed by atoms with Crippen LogP contribution in [-0.4, -0.2) is 18.4 Å². The number of ether oxygens (including phenoxy) is 1. The lowest BCUT2D eigenvalue weighted by molar-refractivity contribution is -0.117. The summed E-state index contributed by atoms with van der Waals surface area (Å²) < 4.78 is 5.63. The van der Waals surface area contributed by atoms with Gasteiger partial charge in [-0.25, -0.2) is 0 Å². The molecule has 1 aliphatic carbocycles. The highest BCUT2D eigenvalue weighted by Crippen LogP contribution is 2.32. The standard InChI is InChI=1S/C20H20N2O3/c23-19(13-5-6-13)21-15-9-7-14(8-10-15)20(24)22-17-11-12-25-18-4-2-1-3-16(17)18/h1-4,7-10,13,17H,5-6,11-12H2,(H,21,23)(H,22,24)/t17-/m0/s1. The van der Waals surface area contributed by atoms with Gasteiger partial charge in [-0.2, -0.15) is 0 Å². The zero-order chi connectivity index (χ0) is 17.2. The molecule has 2 N–H and O–H groups in total. The van der Waals surface area contributed by atoms with Crippen molar-refractivity contribution in [1.82, 2.24) is 5.32 Å². The monoisotopic (exact) mass is 336 g/mol. The number of hydrogen-bond acceptors (Lipinski definition) is 3. The average molecular weight is 336 g/mol. The summed E-state index contributed by atoms with van der Waals surface area (Å²) in [5.74, 6) is 0.937. The second-order valence-corrected chi connectivity index (χ2v) is 6.54. The van der Waals surface area contributed by atoms with Gasteiger partial charge in [0.25, 0.3) is 5.91 Å². The first-order valence-electron chi connectivity index (χ1n) is 8.64. The maximum atomic E-state index is 12.5. The molecule has 0 saturated heterocycles. The van der Waals surface area contributed by atoms with E-state index in [2.05, 4.69) is 10.6 Å². The highest BCUT2D eigenvalue weighted by Gasteiger charge is 2.29. The Bertz CT molecular complexity index is 797. The number of para-hydroxylation sites is 1. The van der Waals surface area contributed by atoms with Crippen LogP contribution in [0.3, 0.4) is 0 Å². The maximum absolute atomic E-state index is 12.5. The summed E-state index contributed by atoms with van der Waals surface area (Å²) in [6.07, 6.45) is 2.69. The molecule has 5 nitrogen and oxygen atoms in total. The van der Waals surface area contributed by atoms with Gasteiger partial charge < -0.3 is 15.4 Å². The van der Waals surface area contributed by atoms with Crippen molar-refractivity contribution < 1.29 is 14.3 Å². The van der Waals surface area contributed by atoms with Crippen molar-refractivity contribution in [3.63, 3.8) is 0 Å². The molecule has 1 saturated carbocycles. The van der Waals surface area contributed by atoms with Crippen LogP contribution in [0.25, 0.3) is 0 Å². The van der Waals surface area contributed by atoms with Crippen molar-refractivity contribution in [3.05, 3.63) is 59.7 Å². The minimum atomic E-state index is -0.123.